The number of aliphatic carboxylic acids is 1. The van der Waals surface area contributed by atoms with Crippen LogP contribution < -0.4 is 59.7 Å². The standard InChI is InChI=1S/C62H111N11O21/c1-2-51(78)48(39-74)72-59(87)46(26-28-52(64)79)70-58(86)45(24-19-20-30-63)69-62(90)50(41-76)73-60(88)47(27-29-53(65)80)71-61(89)49(40-75)68-54(81)38-67-56(83)43-94-37-35-92-33-31-66-55(82)42-93-36-34-91-32-21-23-44(77)22-17-15-13-11-9-7-5-3-4-6-8-10-12-14-16-18-25-57(84)85/h45-50,74-76H,2-43,63H2,1H3,(H2,64,79)(H2,65,80)(H,66,82)(H,67,83)(H,68,81)(H,69,90)(H,70,86)(H,71,89)(H,72,87)(H,73,88)(H,84,85)/t45-,46+,47+,48+,49-,50+/m1/s1. The third-order valence-corrected chi connectivity index (χ3v) is 14.7. The minimum Gasteiger partial charge on any atom is -0.481 e. The number of carboxylic acid groups (broad SMARTS) is 1. The summed E-state index contributed by atoms with van der Waals surface area (Å²) in [7, 11) is 0. The maximum atomic E-state index is 13.6. The summed E-state index contributed by atoms with van der Waals surface area (Å²) in [5.74, 6) is -10.2. The Morgan fingerprint density at radius 1 is 0.372 bits per heavy atom. The molecule has 0 aliphatic carbocycles. The van der Waals surface area contributed by atoms with Gasteiger partial charge in [0.05, 0.1) is 59.4 Å². The van der Waals surface area contributed by atoms with Gasteiger partial charge in [-0.05, 0) is 57.9 Å². The molecule has 0 aliphatic heterocycles. The molecule has 0 saturated carbocycles. The number of ketones is 2. The number of amides is 10. The summed E-state index contributed by atoms with van der Waals surface area (Å²) >= 11 is 0. The smallest absolute Gasteiger partial charge is 0.303 e. The minimum absolute atomic E-state index is 0.0360. The Balaban J connectivity index is 4.60. The van der Waals surface area contributed by atoms with Crippen LogP contribution in [0.3, 0.4) is 0 Å². The lowest BCUT2D eigenvalue weighted by atomic mass is 10.0. The van der Waals surface area contributed by atoms with E-state index < -0.39 is 153 Å². The fraction of sp³-hybridized carbons (Fsp3) is 0.790. The zero-order valence-electron chi connectivity index (χ0n) is 55.1. The number of aliphatic hydroxyl groups excluding tert-OH is 3. The fourth-order valence-corrected chi connectivity index (χ4v) is 9.22. The Morgan fingerprint density at radius 3 is 1.18 bits per heavy atom. The van der Waals surface area contributed by atoms with Gasteiger partial charge >= 0.3 is 5.97 Å². The molecule has 6 atom stereocenters. The second-order valence-electron chi connectivity index (χ2n) is 22.7. The maximum absolute atomic E-state index is 13.6. The van der Waals surface area contributed by atoms with E-state index in [1.54, 1.807) is 0 Å². The lowest BCUT2D eigenvalue weighted by Crippen LogP contribution is -2.60. The van der Waals surface area contributed by atoms with E-state index in [1.807, 2.05) is 0 Å². The largest absolute Gasteiger partial charge is 0.481 e. The molecular formula is C62H111N11O21. The molecule has 0 heterocycles. The van der Waals surface area contributed by atoms with Crippen molar-refractivity contribution in [2.75, 3.05) is 92.3 Å². The molecule has 0 aliphatic rings. The number of hydrogen-bond donors (Lipinski definition) is 15. The molecule has 0 rings (SSSR count). The number of Topliss-reactive ketones (excluding diaryl/α,β-unsaturated/α-hetero) is 2. The van der Waals surface area contributed by atoms with Gasteiger partial charge in [-0.1, -0.05) is 96.8 Å². The Kier molecular flexibility index (Phi) is 53.4. The molecule has 0 saturated heterocycles. The molecule has 10 amide bonds. The second-order valence-corrected chi connectivity index (χ2v) is 22.7. The van der Waals surface area contributed by atoms with Crippen molar-refractivity contribution in [1.82, 2.24) is 42.5 Å². The Morgan fingerprint density at radius 2 is 0.745 bits per heavy atom. The highest BCUT2D eigenvalue weighted by atomic mass is 16.5. The van der Waals surface area contributed by atoms with Crippen LogP contribution in [-0.2, 0) is 81.3 Å². The molecule has 0 aromatic rings. The van der Waals surface area contributed by atoms with Gasteiger partial charge in [0, 0.05) is 51.7 Å². The van der Waals surface area contributed by atoms with E-state index >= 15 is 0 Å². The van der Waals surface area contributed by atoms with Crippen molar-refractivity contribution < 1.29 is 102 Å². The van der Waals surface area contributed by atoms with Crippen LogP contribution in [0.25, 0.3) is 0 Å². The average Bonchev–Trinajstić information content (AvgIpc) is 0.987. The van der Waals surface area contributed by atoms with Crippen molar-refractivity contribution in [2.24, 2.45) is 17.2 Å². The first-order valence-electron chi connectivity index (χ1n) is 33.1. The molecule has 540 valence electrons. The van der Waals surface area contributed by atoms with E-state index in [2.05, 4.69) is 42.5 Å². The van der Waals surface area contributed by atoms with Crippen LogP contribution in [-0.4, -0.2) is 226 Å². The molecule has 0 bridgehead atoms. The predicted octanol–water partition coefficient (Wildman–Crippen LogP) is -1.73. The van der Waals surface area contributed by atoms with Crippen LogP contribution in [0, 0.1) is 0 Å². The van der Waals surface area contributed by atoms with E-state index in [4.69, 9.17) is 41.3 Å². The Bertz CT molecular complexity index is 2230. The first kappa shape index (κ1) is 87.2. The van der Waals surface area contributed by atoms with Crippen molar-refractivity contribution in [3.8, 4) is 0 Å². The van der Waals surface area contributed by atoms with Gasteiger partial charge in [0.1, 0.15) is 55.2 Å². The van der Waals surface area contributed by atoms with Gasteiger partial charge in [0.25, 0.3) is 0 Å². The van der Waals surface area contributed by atoms with E-state index in [-0.39, 0.29) is 96.5 Å². The second kappa shape index (κ2) is 57.6. The highest BCUT2D eigenvalue weighted by Gasteiger charge is 2.33. The topological polar surface area (TPSA) is 514 Å². The third kappa shape index (κ3) is 48.0. The van der Waals surface area contributed by atoms with Crippen LogP contribution in [0.5, 0.6) is 0 Å². The van der Waals surface area contributed by atoms with E-state index in [1.165, 1.54) is 71.1 Å². The highest BCUT2D eigenvalue weighted by molar-refractivity contribution is 5.98. The normalized spacial score (nSPS) is 13.0. The molecule has 32 heteroatoms. The molecule has 0 spiro atoms. The summed E-state index contributed by atoms with van der Waals surface area (Å²) < 4.78 is 21.5. The molecule has 0 fully saturated rings. The van der Waals surface area contributed by atoms with Gasteiger partial charge < -0.3 is 99.1 Å². The van der Waals surface area contributed by atoms with Gasteiger partial charge in [-0.15, -0.1) is 0 Å². The van der Waals surface area contributed by atoms with E-state index in [0.29, 0.717) is 32.3 Å². The molecule has 0 aromatic heterocycles. The van der Waals surface area contributed by atoms with Crippen LogP contribution in [0.1, 0.15) is 187 Å². The lowest BCUT2D eigenvalue weighted by Gasteiger charge is -2.27. The number of rotatable bonds is 64. The van der Waals surface area contributed by atoms with Crippen LogP contribution in [0.2, 0.25) is 0 Å². The summed E-state index contributed by atoms with van der Waals surface area (Å²) in [4.78, 5) is 163. The van der Waals surface area contributed by atoms with Gasteiger partial charge in [0.15, 0.2) is 5.78 Å². The number of carbonyl (C=O) groups excluding carboxylic acids is 12. The first-order valence-corrected chi connectivity index (χ1v) is 33.1. The Labute approximate surface area is 551 Å². The lowest BCUT2D eigenvalue weighted by molar-refractivity contribution is -0.137. The molecule has 0 unspecified atom stereocenters. The van der Waals surface area contributed by atoms with Gasteiger partial charge in [-0.2, -0.15) is 0 Å². The number of hydrogen-bond acceptors (Lipinski definition) is 21. The number of nitrogens with one attached hydrogen (secondary N) is 8. The summed E-state index contributed by atoms with van der Waals surface area (Å²) in [6.07, 6.45) is 19.3. The average molecular weight is 1350 g/mol. The monoisotopic (exact) mass is 1350 g/mol. The minimum atomic E-state index is -1.82. The highest BCUT2D eigenvalue weighted by Crippen LogP contribution is 2.15. The molecule has 0 aromatic carbocycles. The summed E-state index contributed by atoms with van der Waals surface area (Å²) in [5, 5.41) is 57.1. The van der Waals surface area contributed by atoms with Crippen LogP contribution >= 0.6 is 0 Å². The van der Waals surface area contributed by atoms with Crippen molar-refractivity contribution in [2.45, 2.75) is 223 Å². The number of aliphatic hydroxyl groups is 3. The molecular weight excluding hydrogens is 1230 g/mol. The zero-order chi connectivity index (χ0) is 70.2. The number of primary amides is 2. The van der Waals surface area contributed by atoms with Crippen molar-refractivity contribution in [1.29, 1.82) is 0 Å². The summed E-state index contributed by atoms with van der Waals surface area (Å²) in [5.41, 5.74) is 16.2. The quantitative estimate of drug-likeness (QED) is 0.0301. The van der Waals surface area contributed by atoms with Crippen molar-refractivity contribution in [3.63, 3.8) is 0 Å². The van der Waals surface area contributed by atoms with E-state index in [0.717, 1.165) is 38.5 Å². The molecule has 18 N–H and O–H groups in total. The zero-order valence-corrected chi connectivity index (χ0v) is 55.1. The third-order valence-electron chi connectivity index (χ3n) is 14.7. The molecule has 0 radical (unpaired) electrons. The van der Waals surface area contributed by atoms with E-state index in [9.17, 15) is 77.6 Å². The first-order chi connectivity index (χ1) is 45.1. The Hall–Kier alpha value is -6.81. The summed E-state index contributed by atoms with van der Waals surface area (Å²) in [6, 6.07) is -9.51. The maximum Gasteiger partial charge on any atom is 0.303 e. The SMILES string of the molecule is CCC(=O)[C@H](CO)NC(=O)[C@H](CCC(N)=O)NC(=O)[C@@H](CCCCN)NC(=O)[C@H](CO)NC(=O)[C@H](CCC(N)=O)NC(=O)[C@@H](CO)NC(=O)CNC(=O)COCCOCCNC(=O)COCCOCCCC(=O)CCCCCCCCCCCCCCCCCCC(=O)O. The van der Waals surface area contributed by atoms with Gasteiger partial charge in [-0.25, -0.2) is 0 Å². The molecule has 94 heavy (non-hydrogen) atoms. The van der Waals surface area contributed by atoms with Gasteiger partial charge in [-0.3, -0.25) is 62.3 Å². The summed E-state index contributed by atoms with van der Waals surface area (Å²) in [6.45, 7) is -1.37. The number of ether oxygens (including phenoxy) is 4. The van der Waals surface area contributed by atoms with Crippen molar-refractivity contribution >= 4 is 76.6 Å². The van der Waals surface area contributed by atoms with Gasteiger partial charge in [0.2, 0.25) is 59.1 Å². The van der Waals surface area contributed by atoms with Crippen LogP contribution in [0.15, 0.2) is 0 Å². The van der Waals surface area contributed by atoms with Crippen LogP contribution in [0.4, 0.5) is 0 Å². The fourth-order valence-electron chi connectivity index (χ4n) is 9.22. The van der Waals surface area contributed by atoms with Crippen molar-refractivity contribution in [3.05, 3.63) is 0 Å². The number of carbonyl (C=O) groups is 13. The number of carboxylic acids is 1. The predicted molar refractivity (Wildman–Crippen MR) is 342 cm³/mol. The molecule has 32 nitrogen and oxygen atoms in total. The number of nitrogens with two attached hydrogens (primary N) is 3. The number of unbranched alkanes of at least 4 members (excludes halogenated alkanes) is 16.